The molecule has 0 bridgehead atoms. The topological polar surface area (TPSA) is 85.9 Å². The number of ether oxygens (including phenoxy) is 3. The fourth-order valence-electron chi connectivity index (χ4n) is 2.80. The third kappa shape index (κ3) is 4.31. The number of rotatable bonds is 6. The first kappa shape index (κ1) is 18.6. The summed E-state index contributed by atoms with van der Waals surface area (Å²) in [6.45, 7) is 1.68. The highest BCUT2D eigenvalue weighted by atomic mass is 16.5. The zero-order chi connectivity index (χ0) is 19.4. The first-order valence-corrected chi connectivity index (χ1v) is 8.62. The maximum absolute atomic E-state index is 12.3. The van der Waals surface area contributed by atoms with Gasteiger partial charge in [-0.3, -0.25) is 9.59 Å². The number of nitrogens with one attached hydrogen (secondary N) is 2. The van der Waals surface area contributed by atoms with Crippen molar-refractivity contribution in [1.29, 1.82) is 0 Å². The van der Waals surface area contributed by atoms with E-state index in [-0.39, 0.29) is 11.8 Å². The first-order valence-electron chi connectivity index (χ1n) is 8.62. The van der Waals surface area contributed by atoms with Gasteiger partial charge in [0, 0.05) is 12.1 Å². The summed E-state index contributed by atoms with van der Waals surface area (Å²) < 4.78 is 16.0. The summed E-state index contributed by atoms with van der Waals surface area (Å²) in [5.74, 6) is 1.54. The summed E-state index contributed by atoms with van der Waals surface area (Å²) in [6, 6.07) is 10.7. The van der Waals surface area contributed by atoms with Crippen LogP contribution in [0, 0.1) is 0 Å². The highest BCUT2D eigenvalue weighted by molar-refractivity contribution is 5.99. The SMILES string of the molecule is COc1ccc(CCC(=O)Nc2ccc3c(c2)NC(=O)C(C)O3)cc1OC. The van der Waals surface area contributed by atoms with Gasteiger partial charge in [0.15, 0.2) is 17.6 Å². The van der Waals surface area contributed by atoms with Crippen LogP contribution in [0.25, 0.3) is 0 Å². The Bertz CT molecular complexity index is 865. The van der Waals surface area contributed by atoms with Crippen LogP contribution in [-0.4, -0.2) is 32.1 Å². The summed E-state index contributed by atoms with van der Waals surface area (Å²) in [4.78, 5) is 24.0. The molecule has 0 aliphatic carbocycles. The molecule has 2 aromatic carbocycles. The van der Waals surface area contributed by atoms with E-state index in [0.717, 1.165) is 5.56 Å². The molecule has 142 valence electrons. The van der Waals surface area contributed by atoms with Crippen molar-refractivity contribution in [3.05, 3.63) is 42.0 Å². The smallest absolute Gasteiger partial charge is 0.265 e. The molecule has 0 spiro atoms. The molecule has 1 aliphatic heterocycles. The molecule has 27 heavy (non-hydrogen) atoms. The van der Waals surface area contributed by atoms with Crippen molar-refractivity contribution in [3.8, 4) is 17.2 Å². The third-order valence-corrected chi connectivity index (χ3v) is 4.28. The molecule has 0 saturated heterocycles. The van der Waals surface area contributed by atoms with E-state index < -0.39 is 6.10 Å². The van der Waals surface area contributed by atoms with Gasteiger partial charge in [-0.2, -0.15) is 0 Å². The number of anilines is 2. The van der Waals surface area contributed by atoms with E-state index in [1.165, 1.54) is 0 Å². The maximum atomic E-state index is 12.3. The molecule has 7 heteroatoms. The van der Waals surface area contributed by atoms with Crippen molar-refractivity contribution in [2.75, 3.05) is 24.9 Å². The Labute approximate surface area is 157 Å². The van der Waals surface area contributed by atoms with E-state index in [4.69, 9.17) is 14.2 Å². The molecule has 2 amide bonds. The van der Waals surface area contributed by atoms with E-state index in [9.17, 15) is 9.59 Å². The van der Waals surface area contributed by atoms with Crippen LogP contribution in [0.4, 0.5) is 11.4 Å². The second-order valence-corrected chi connectivity index (χ2v) is 6.20. The third-order valence-electron chi connectivity index (χ3n) is 4.28. The van der Waals surface area contributed by atoms with Crippen molar-refractivity contribution in [1.82, 2.24) is 0 Å². The molecule has 0 radical (unpaired) electrons. The molecule has 1 heterocycles. The van der Waals surface area contributed by atoms with Crippen LogP contribution in [0.5, 0.6) is 17.2 Å². The van der Waals surface area contributed by atoms with Crippen LogP contribution in [0.3, 0.4) is 0 Å². The zero-order valence-corrected chi connectivity index (χ0v) is 15.5. The van der Waals surface area contributed by atoms with E-state index in [2.05, 4.69) is 10.6 Å². The Balaban J connectivity index is 1.60. The van der Waals surface area contributed by atoms with Crippen molar-refractivity contribution in [3.63, 3.8) is 0 Å². The van der Waals surface area contributed by atoms with Crippen molar-refractivity contribution in [2.24, 2.45) is 0 Å². The lowest BCUT2D eigenvalue weighted by molar-refractivity contribution is -0.122. The fourth-order valence-corrected chi connectivity index (χ4v) is 2.80. The molecule has 1 aliphatic rings. The standard InChI is InChI=1S/C20H22N2O5/c1-12-20(24)22-15-11-14(6-8-16(15)27-12)21-19(23)9-5-13-4-7-17(25-2)18(10-13)26-3/h4,6-8,10-12H,5,9H2,1-3H3,(H,21,23)(H,22,24). The van der Waals surface area contributed by atoms with Crippen molar-refractivity contribution >= 4 is 23.2 Å². The minimum Gasteiger partial charge on any atom is -0.493 e. The molecular weight excluding hydrogens is 348 g/mol. The predicted octanol–water partition coefficient (Wildman–Crippen LogP) is 2.99. The second-order valence-electron chi connectivity index (χ2n) is 6.20. The van der Waals surface area contributed by atoms with E-state index >= 15 is 0 Å². The van der Waals surface area contributed by atoms with Gasteiger partial charge in [0.1, 0.15) is 5.75 Å². The van der Waals surface area contributed by atoms with Crippen molar-refractivity contribution in [2.45, 2.75) is 25.9 Å². The van der Waals surface area contributed by atoms with Crippen LogP contribution >= 0.6 is 0 Å². The first-order chi connectivity index (χ1) is 13.0. The molecule has 7 nitrogen and oxygen atoms in total. The summed E-state index contributed by atoms with van der Waals surface area (Å²) in [7, 11) is 3.16. The van der Waals surface area contributed by atoms with E-state index in [1.54, 1.807) is 39.3 Å². The van der Waals surface area contributed by atoms with Gasteiger partial charge < -0.3 is 24.8 Å². The highest BCUT2D eigenvalue weighted by Crippen LogP contribution is 2.32. The normalized spacial score (nSPS) is 15.2. The van der Waals surface area contributed by atoms with Gasteiger partial charge in [-0.05, 0) is 49.2 Å². The molecule has 0 aromatic heterocycles. The lowest BCUT2D eigenvalue weighted by Gasteiger charge is -2.23. The van der Waals surface area contributed by atoms with Crippen LogP contribution in [0.15, 0.2) is 36.4 Å². The lowest BCUT2D eigenvalue weighted by Crippen LogP contribution is -2.34. The molecule has 2 N–H and O–H groups in total. The van der Waals surface area contributed by atoms with E-state index in [0.29, 0.717) is 41.5 Å². The van der Waals surface area contributed by atoms with Gasteiger partial charge in [-0.1, -0.05) is 6.07 Å². The Kier molecular flexibility index (Phi) is 5.49. The molecule has 2 aromatic rings. The average Bonchev–Trinajstić information content (AvgIpc) is 2.67. The van der Waals surface area contributed by atoms with Crippen LogP contribution < -0.4 is 24.8 Å². The summed E-state index contributed by atoms with van der Waals surface area (Å²) in [5.41, 5.74) is 2.13. The zero-order valence-electron chi connectivity index (χ0n) is 15.5. The van der Waals surface area contributed by atoms with Gasteiger partial charge in [0.25, 0.3) is 5.91 Å². The molecule has 1 atom stereocenters. The minimum absolute atomic E-state index is 0.124. The van der Waals surface area contributed by atoms with Crippen LogP contribution in [0.1, 0.15) is 18.9 Å². The quantitative estimate of drug-likeness (QED) is 0.816. The average molecular weight is 370 g/mol. The number of carbonyl (C=O) groups is 2. The van der Waals surface area contributed by atoms with Crippen LogP contribution in [-0.2, 0) is 16.0 Å². The highest BCUT2D eigenvalue weighted by Gasteiger charge is 2.23. The number of fused-ring (bicyclic) bond motifs is 1. The summed E-state index contributed by atoms with van der Waals surface area (Å²) in [5, 5.41) is 5.60. The number of aryl methyl sites for hydroxylation is 1. The van der Waals surface area contributed by atoms with Gasteiger partial charge >= 0.3 is 0 Å². The number of hydrogen-bond donors (Lipinski definition) is 2. The summed E-state index contributed by atoms with van der Waals surface area (Å²) in [6.07, 6.45) is 0.348. The molecule has 1 unspecified atom stereocenters. The van der Waals surface area contributed by atoms with Crippen LogP contribution in [0.2, 0.25) is 0 Å². The number of benzene rings is 2. The van der Waals surface area contributed by atoms with Gasteiger partial charge in [-0.15, -0.1) is 0 Å². The predicted molar refractivity (Wildman–Crippen MR) is 102 cm³/mol. The van der Waals surface area contributed by atoms with Gasteiger partial charge in [-0.25, -0.2) is 0 Å². The Morgan fingerprint density at radius 1 is 1.15 bits per heavy atom. The minimum atomic E-state index is -0.528. The summed E-state index contributed by atoms with van der Waals surface area (Å²) >= 11 is 0. The number of methoxy groups -OCH3 is 2. The van der Waals surface area contributed by atoms with Gasteiger partial charge in [0.05, 0.1) is 19.9 Å². The molecule has 0 fully saturated rings. The molecule has 3 rings (SSSR count). The lowest BCUT2D eigenvalue weighted by atomic mass is 10.1. The Morgan fingerprint density at radius 2 is 1.93 bits per heavy atom. The van der Waals surface area contributed by atoms with Gasteiger partial charge in [0.2, 0.25) is 5.91 Å². The monoisotopic (exact) mass is 370 g/mol. The maximum Gasteiger partial charge on any atom is 0.265 e. The number of hydrogen-bond acceptors (Lipinski definition) is 5. The number of amides is 2. The largest absolute Gasteiger partial charge is 0.493 e. The van der Waals surface area contributed by atoms with E-state index in [1.807, 2.05) is 18.2 Å². The number of carbonyl (C=O) groups excluding carboxylic acids is 2. The Hall–Kier alpha value is -3.22. The second kappa shape index (κ2) is 7.99. The molecular formula is C20H22N2O5. The molecule has 0 saturated carbocycles. The fraction of sp³-hybridized carbons (Fsp3) is 0.300. The Morgan fingerprint density at radius 3 is 2.67 bits per heavy atom. The van der Waals surface area contributed by atoms with Crippen molar-refractivity contribution < 1.29 is 23.8 Å².